The van der Waals surface area contributed by atoms with Crippen LogP contribution in [0.15, 0.2) is 0 Å². The zero-order valence-electron chi connectivity index (χ0n) is 7.68. The smallest absolute Gasteiger partial charge is 0.242 e. The van der Waals surface area contributed by atoms with Crippen molar-refractivity contribution in [2.75, 3.05) is 13.1 Å². The van der Waals surface area contributed by atoms with Crippen molar-refractivity contribution < 1.29 is 4.79 Å². The number of nitrogens with one attached hydrogen (secondary N) is 2. The van der Waals surface area contributed by atoms with Crippen LogP contribution in [0.3, 0.4) is 0 Å². The highest BCUT2D eigenvalue weighted by atomic mass is 16.2. The van der Waals surface area contributed by atoms with Gasteiger partial charge in [-0.1, -0.05) is 0 Å². The van der Waals surface area contributed by atoms with E-state index in [4.69, 9.17) is 5.41 Å². The van der Waals surface area contributed by atoms with Gasteiger partial charge >= 0.3 is 0 Å². The van der Waals surface area contributed by atoms with Crippen LogP contribution in [0, 0.1) is 5.41 Å². The van der Waals surface area contributed by atoms with Gasteiger partial charge in [0.2, 0.25) is 5.91 Å². The average Bonchev–Trinajstić information content (AvgIpc) is 2.52. The van der Waals surface area contributed by atoms with Gasteiger partial charge in [0, 0.05) is 19.5 Å². The quantitative estimate of drug-likeness (QED) is 0.613. The molecule has 2 aliphatic rings. The molecule has 4 heteroatoms. The van der Waals surface area contributed by atoms with Gasteiger partial charge in [0.25, 0.3) is 0 Å². The fourth-order valence-electron chi connectivity index (χ4n) is 2.09. The van der Waals surface area contributed by atoms with Gasteiger partial charge < -0.3 is 10.2 Å². The maximum atomic E-state index is 11.5. The van der Waals surface area contributed by atoms with Crippen molar-refractivity contribution in [1.29, 1.82) is 5.41 Å². The van der Waals surface area contributed by atoms with E-state index < -0.39 is 0 Å². The molecule has 4 nitrogen and oxygen atoms in total. The molecule has 2 heterocycles. The van der Waals surface area contributed by atoms with Crippen molar-refractivity contribution >= 4 is 11.7 Å². The fourth-order valence-corrected chi connectivity index (χ4v) is 2.09. The number of carbonyl (C=O) groups excluding carboxylic acids is 1. The summed E-state index contributed by atoms with van der Waals surface area (Å²) in [5, 5.41) is 10.5. The van der Waals surface area contributed by atoms with E-state index in [0.717, 1.165) is 38.8 Å². The third kappa shape index (κ3) is 1.53. The highest BCUT2D eigenvalue weighted by Gasteiger charge is 2.31. The molecule has 1 amide bonds. The van der Waals surface area contributed by atoms with Crippen LogP contribution < -0.4 is 5.32 Å². The molecule has 0 spiro atoms. The first kappa shape index (κ1) is 8.53. The lowest BCUT2D eigenvalue weighted by Crippen LogP contribution is -2.50. The molecule has 0 aromatic carbocycles. The maximum Gasteiger partial charge on any atom is 0.242 e. The summed E-state index contributed by atoms with van der Waals surface area (Å²) in [6, 6.07) is -0.0521. The lowest BCUT2D eigenvalue weighted by atomic mass is 10.1. The monoisotopic (exact) mass is 181 g/mol. The van der Waals surface area contributed by atoms with Gasteiger partial charge in [-0.15, -0.1) is 0 Å². The second-order valence-electron chi connectivity index (χ2n) is 3.69. The molecule has 2 N–H and O–H groups in total. The molecule has 13 heavy (non-hydrogen) atoms. The second kappa shape index (κ2) is 3.36. The van der Waals surface area contributed by atoms with Gasteiger partial charge in [-0.2, -0.15) is 0 Å². The first-order chi connectivity index (χ1) is 6.29. The minimum absolute atomic E-state index is 0.0521. The molecule has 2 rings (SSSR count). The summed E-state index contributed by atoms with van der Waals surface area (Å²) >= 11 is 0. The summed E-state index contributed by atoms with van der Waals surface area (Å²) in [4.78, 5) is 13.4. The molecule has 0 aliphatic carbocycles. The number of hydrogen-bond donors (Lipinski definition) is 2. The van der Waals surface area contributed by atoms with Crippen LogP contribution in [-0.4, -0.2) is 35.8 Å². The molecular weight excluding hydrogens is 166 g/mol. The van der Waals surface area contributed by atoms with E-state index in [9.17, 15) is 4.79 Å². The maximum absolute atomic E-state index is 11.5. The van der Waals surface area contributed by atoms with Crippen LogP contribution in [0.25, 0.3) is 0 Å². The Kier molecular flexibility index (Phi) is 2.20. The zero-order valence-corrected chi connectivity index (χ0v) is 7.68. The largest absolute Gasteiger partial charge is 0.354 e. The lowest BCUT2D eigenvalue weighted by molar-refractivity contribution is -0.126. The van der Waals surface area contributed by atoms with Crippen LogP contribution in [-0.2, 0) is 4.79 Å². The number of carbonyl (C=O) groups is 1. The van der Waals surface area contributed by atoms with E-state index in [0.29, 0.717) is 5.84 Å². The van der Waals surface area contributed by atoms with Gasteiger partial charge in [-0.25, -0.2) is 0 Å². The molecule has 2 fully saturated rings. The van der Waals surface area contributed by atoms with E-state index in [2.05, 4.69) is 5.32 Å². The second-order valence-corrected chi connectivity index (χ2v) is 3.69. The van der Waals surface area contributed by atoms with Gasteiger partial charge in [-0.05, 0) is 19.3 Å². The predicted octanol–water partition coefficient (Wildman–Crippen LogP) is 0.338. The summed E-state index contributed by atoms with van der Waals surface area (Å²) in [5.41, 5.74) is 0. The SMILES string of the molecule is N=C1CCCN1C1CCCNC1=O. The number of amidine groups is 1. The number of nitrogens with zero attached hydrogens (tertiary/aromatic N) is 1. The van der Waals surface area contributed by atoms with Crippen molar-refractivity contribution in [2.24, 2.45) is 0 Å². The van der Waals surface area contributed by atoms with Crippen LogP contribution in [0.2, 0.25) is 0 Å². The van der Waals surface area contributed by atoms with E-state index in [1.54, 1.807) is 0 Å². The first-order valence-corrected chi connectivity index (χ1v) is 4.91. The van der Waals surface area contributed by atoms with Crippen molar-refractivity contribution in [3.05, 3.63) is 0 Å². The van der Waals surface area contributed by atoms with Gasteiger partial charge in [0.05, 0.1) is 5.84 Å². The molecule has 0 bridgehead atoms. The lowest BCUT2D eigenvalue weighted by Gasteiger charge is -2.31. The van der Waals surface area contributed by atoms with Crippen molar-refractivity contribution in [3.8, 4) is 0 Å². The average molecular weight is 181 g/mol. The molecule has 0 radical (unpaired) electrons. The highest BCUT2D eigenvalue weighted by Crippen LogP contribution is 2.18. The summed E-state index contributed by atoms with van der Waals surface area (Å²) in [6.45, 7) is 1.69. The van der Waals surface area contributed by atoms with Crippen LogP contribution in [0.1, 0.15) is 25.7 Å². The summed E-state index contributed by atoms with van der Waals surface area (Å²) < 4.78 is 0. The van der Waals surface area contributed by atoms with Gasteiger partial charge in [0.15, 0.2) is 0 Å². The third-order valence-electron chi connectivity index (χ3n) is 2.79. The number of likely N-dealkylation sites (tertiary alicyclic amines) is 1. The number of piperidine rings is 1. The van der Waals surface area contributed by atoms with Gasteiger partial charge in [-0.3, -0.25) is 10.2 Å². The Bertz CT molecular complexity index is 239. The Morgan fingerprint density at radius 3 is 2.92 bits per heavy atom. The standard InChI is InChI=1S/C9H15N3O/c10-8-4-2-6-12(8)7-3-1-5-11-9(7)13/h7,10H,1-6H2,(H,11,13). The molecule has 0 saturated carbocycles. The Morgan fingerprint density at radius 1 is 1.46 bits per heavy atom. The van der Waals surface area contributed by atoms with Crippen molar-refractivity contribution in [2.45, 2.75) is 31.7 Å². The van der Waals surface area contributed by atoms with Crippen molar-refractivity contribution in [1.82, 2.24) is 10.2 Å². The summed E-state index contributed by atoms with van der Waals surface area (Å²) in [7, 11) is 0. The van der Waals surface area contributed by atoms with E-state index in [1.165, 1.54) is 0 Å². The number of rotatable bonds is 1. The first-order valence-electron chi connectivity index (χ1n) is 4.91. The highest BCUT2D eigenvalue weighted by molar-refractivity contribution is 5.90. The summed E-state index contributed by atoms with van der Waals surface area (Å²) in [5.74, 6) is 0.750. The van der Waals surface area contributed by atoms with Gasteiger partial charge in [0.1, 0.15) is 6.04 Å². The minimum Gasteiger partial charge on any atom is -0.354 e. The molecule has 0 aromatic heterocycles. The topological polar surface area (TPSA) is 56.2 Å². The molecule has 72 valence electrons. The number of amides is 1. The number of hydrogen-bond acceptors (Lipinski definition) is 2. The molecule has 1 atom stereocenters. The molecule has 1 unspecified atom stereocenters. The molecule has 2 aliphatic heterocycles. The Morgan fingerprint density at radius 2 is 2.31 bits per heavy atom. The van der Waals surface area contributed by atoms with Crippen LogP contribution in [0.5, 0.6) is 0 Å². The Labute approximate surface area is 77.8 Å². The van der Waals surface area contributed by atoms with E-state index >= 15 is 0 Å². The molecular formula is C9H15N3O. The summed E-state index contributed by atoms with van der Waals surface area (Å²) in [6.07, 6.45) is 3.82. The molecule has 0 aromatic rings. The van der Waals surface area contributed by atoms with Crippen LogP contribution >= 0.6 is 0 Å². The predicted molar refractivity (Wildman–Crippen MR) is 49.7 cm³/mol. The normalized spacial score (nSPS) is 29.2. The Balaban J connectivity index is 2.05. The van der Waals surface area contributed by atoms with E-state index in [1.807, 2.05) is 4.90 Å². The fraction of sp³-hybridized carbons (Fsp3) is 0.778. The van der Waals surface area contributed by atoms with E-state index in [-0.39, 0.29) is 11.9 Å². The molecule has 2 saturated heterocycles. The third-order valence-corrected chi connectivity index (χ3v) is 2.79. The van der Waals surface area contributed by atoms with Crippen LogP contribution in [0.4, 0.5) is 0 Å². The Hall–Kier alpha value is -1.06. The van der Waals surface area contributed by atoms with Crippen molar-refractivity contribution in [3.63, 3.8) is 0 Å². The zero-order chi connectivity index (χ0) is 9.26. The minimum atomic E-state index is -0.0521.